The first kappa shape index (κ1) is 14.3. The quantitative estimate of drug-likeness (QED) is 0.889. The van der Waals surface area contributed by atoms with Crippen LogP contribution in [0.1, 0.15) is 45.9 Å². The third kappa shape index (κ3) is 2.47. The van der Waals surface area contributed by atoms with Crippen LogP contribution in [0.15, 0.2) is 16.8 Å². The summed E-state index contributed by atoms with van der Waals surface area (Å²) in [5.41, 5.74) is 5.97. The SMILES string of the molecule is CCCc1cc(C(=O)N2CCn3c(C(N)=O)cnc3C2)no1. The van der Waals surface area contributed by atoms with Gasteiger partial charge in [0.15, 0.2) is 5.69 Å². The van der Waals surface area contributed by atoms with Crippen LogP contribution < -0.4 is 5.73 Å². The zero-order valence-corrected chi connectivity index (χ0v) is 12.3. The monoisotopic (exact) mass is 303 g/mol. The van der Waals surface area contributed by atoms with Crippen LogP contribution in [0, 0.1) is 0 Å². The van der Waals surface area contributed by atoms with Crippen molar-refractivity contribution in [2.24, 2.45) is 5.73 Å². The molecule has 0 unspecified atom stereocenters. The number of hydrogen-bond acceptors (Lipinski definition) is 5. The molecule has 116 valence electrons. The number of imidazole rings is 1. The number of nitrogens with zero attached hydrogens (tertiary/aromatic N) is 4. The molecule has 2 amide bonds. The van der Waals surface area contributed by atoms with Crippen molar-refractivity contribution in [2.45, 2.75) is 32.9 Å². The van der Waals surface area contributed by atoms with E-state index >= 15 is 0 Å². The third-order valence-corrected chi connectivity index (χ3v) is 3.68. The summed E-state index contributed by atoms with van der Waals surface area (Å²) >= 11 is 0. The van der Waals surface area contributed by atoms with Crippen molar-refractivity contribution in [3.05, 3.63) is 35.2 Å². The Morgan fingerprint density at radius 3 is 2.95 bits per heavy atom. The summed E-state index contributed by atoms with van der Waals surface area (Å²) in [6.45, 7) is 3.31. The predicted molar refractivity (Wildman–Crippen MR) is 76.0 cm³/mol. The van der Waals surface area contributed by atoms with Gasteiger partial charge in [-0.25, -0.2) is 4.98 Å². The molecule has 2 aromatic rings. The van der Waals surface area contributed by atoms with Gasteiger partial charge in [-0.05, 0) is 6.42 Å². The highest BCUT2D eigenvalue weighted by molar-refractivity contribution is 5.93. The number of rotatable bonds is 4. The smallest absolute Gasteiger partial charge is 0.276 e. The van der Waals surface area contributed by atoms with Crippen LogP contribution in [0.5, 0.6) is 0 Å². The van der Waals surface area contributed by atoms with Gasteiger partial charge in [0.05, 0.1) is 12.7 Å². The molecule has 0 saturated carbocycles. The van der Waals surface area contributed by atoms with Crippen LogP contribution in [0.3, 0.4) is 0 Å². The van der Waals surface area contributed by atoms with E-state index in [-0.39, 0.29) is 5.91 Å². The molecular weight excluding hydrogens is 286 g/mol. The number of amides is 2. The van der Waals surface area contributed by atoms with E-state index in [4.69, 9.17) is 10.3 Å². The number of nitrogens with two attached hydrogens (primary N) is 1. The molecular formula is C14H17N5O3. The molecule has 0 bridgehead atoms. The van der Waals surface area contributed by atoms with E-state index in [1.54, 1.807) is 15.5 Å². The van der Waals surface area contributed by atoms with Gasteiger partial charge in [-0.2, -0.15) is 0 Å². The number of carbonyl (C=O) groups excluding carboxylic acids is 2. The third-order valence-electron chi connectivity index (χ3n) is 3.68. The molecule has 8 nitrogen and oxygen atoms in total. The Hall–Kier alpha value is -2.64. The first-order valence-corrected chi connectivity index (χ1v) is 7.19. The molecule has 0 atom stereocenters. The van der Waals surface area contributed by atoms with Crippen molar-refractivity contribution >= 4 is 11.8 Å². The lowest BCUT2D eigenvalue weighted by atomic mass is 10.2. The highest BCUT2D eigenvalue weighted by Crippen LogP contribution is 2.17. The highest BCUT2D eigenvalue weighted by atomic mass is 16.5. The topological polar surface area (TPSA) is 107 Å². The Kier molecular flexibility index (Phi) is 3.66. The predicted octanol–water partition coefficient (Wildman–Crippen LogP) is 0.578. The lowest BCUT2D eigenvalue weighted by molar-refractivity contribution is 0.0695. The van der Waals surface area contributed by atoms with E-state index in [0.29, 0.717) is 42.6 Å². The molecule has 0 fully saturated rings. The van der Waals surface area contributed by atoms with Gasteiger partial charge in [-0.1, -0.05) is 12.1 Å². The molecule has 2 aromatic heterocycles. The number of fused-ring (bicyclic) bond motifs is 1. The summed E-state index contributed by atoms with van der Waals surface area (Å²) in [6, 6.07) is 1.68. The number of primary amides is 1. The van der Waals surface area contributed by atoms with Crippen molar-refractivity contribution in [1.82, 2.24) is 19.6 Å². The van der Waals surface area contributed by atoms with E-state index in [1.165, 1.54) is 6.20 Å². The van der Waals surface area contributed by atoms with Crippen molar-refractivity contribution in [3.63, 3.8) is 0 Å². The summed E-state index contributed by atoms with van der Waals surface area (Å²) < 4.78 is 6.89. The van der Waals surface area contributed by atoms with Crippen molar-refractivity contribution in [1.29, 1.82) is 0 Å². The fourth-order valence-electron chi connectivity index (χ4n) is 2.57. The van der Waals surface area contributed by atoms with Crippen LogP contribution in [0.4, 0.5) is 0 Å². The molecule has 8 heteroatoms. The zero-order chi connectivity index (χ0) is 15.7. The van der Waals surface area contributed by atoms with Gasteiger partial charge in [0.2, 0.25) is 0 Å². The fraction of sp³-hybridized carbons (Fsp3) is 0.429. The van der Waals surface area contributed by atoms with Crippen molar-refractivity contribution < 1.29 is 14.1 Å². The van der Waals surface area contributed by atoms with Gasteiger partial charge in [-0.3, -0.25) is 9.59 Å². The van der Waals surface area contributed by atoms with Gasteiger partial charge < -0.3 is 19.7 Å². The Morgan fingerprint density at radius 1 is 1.41 bits per heavy atom. The maximum atomic E-state index is 12.4. The molecule has 0 spiro atoms. The Morgan fingerprint density at radius 2 is 2.23 bits per heavy atom. The van der Waals surface area contributed by atoms with Crippen LogP contribution in [-0.2, 0) is 19.5 Å². The molecule has 0 aromatic carbocycles. The summed E-state index contributed by atoms with van der Waals surface area (Å²) in [4.78, 5) is 29.5. The van der Waals surface area contributed by atoms with E-state index in [1.807, 2.05) is 6.92 Å². The molecule has 0 saturated heterocycles. The molecule has 3 rings (SSSR count). The van der Waals surface area contributed by atoms with Crippen LogP contribution >= 0.6 is 0 Å². The van der Waals surface area contributed by atoms with E-state index in [2.05, 4.69) is 10.1 Å². The second kappa shape index (κ2) is 5.63. The summed E-state index contributed by atoms with van der Waals surface area (Å²) in [5.74, 6) is 0.645. The molecule has 22 heavy (non-hydrogen) atoms. The Labute approximate surface area is 126 Å². The fourth-order valence-corrected chi connectivity index (χ4v) is 2.57. The number of carbonyl (C=O) groups is 2. The van der Waals surface area contributed by atoms with E-state index in [9.17, 15) is 9.59 Å². The second-order valence-corrected chi connectivity index (χ2v) is 5.23. The van der Waals surface area contributed by atoms with Crippen LogP contribution in [0.25, 0.3) is 0 Å². The van der Waals surface area contributed by atoms with Gasteiger partial charge >= 0.3 is 0 Å². The summed E-state index contributed by atoms with van der Waals surface area (Å²) in [6.07, 6.45) is 3.13. The van der Waals surface area contributed by atoms with Crippen LogP contribution in [0.2, 0.25) is 0 Å². The van der Waals surface area contributed by atoms with E-state index in [0.717, 1.165) is 12.8 Å². The molecule has 0 radical (unpaired) electrons. The maximum Gasteiger partial charge on any atom is 0.276 e. The number of aryl methyl sites for hydroxylation is 1. The molecule has 2 N–H and O–H groups in total. The van der Waals surface area contributed by atoms with Gasteiger partial charge in [-0.15, -0.1) is 0 Å². The first-order valence-electron chi connectivity index (χ1n) is 7.19. The minimum Gasteiger partial charge on any atom is -0.364 e. The largest absolute Gasteiger partial charge is 0.364 e. The normalized spacial score (nSPS) is 14.0. The van der Waals surface area contributed by atoms with Gasteiger partial charge in [0.1, 0.15) is 17.3 Å². The Balaban J connectivity index is 1.76. The average Bonchev–Trinajstić information content (AvgIpc) is 3.12. The standard InChI is InChI=1S/C14H17N5O3/c1-2-3-9-6-10(17-22-9)14(21)18-4-5-19-11(13(15)20)7-16-12(19)8-18/h6-7H,2-5,8H2,1H3,(H2,15,20). The molecule has 0 aliphatic carbocycles. The second-order valence-electron chi connectivity index (χ2n) is 5.23. The van der Waals surface area contributed by atoms with Gasteiger partial charge in [0, 0.05) is 25.6 Å². The number of hydrogen-bond donors (Lipinski definition) is 1. The molecule has 3 heterocycles. The van der Waals surface area contributed by atoms with Crippen molar-refractivity contribution in [3.8, 4) is 0 Å². The Bertz CT molecular complexity index is 718. The number of aromatic nitrogens is 3. The minimum absolute atomic E-state index is 0.194. The lowest BCUT2D eigenvalue weighted by Crippen LogP contribution is -2.39. The van der Waals surface area contributed by atoms with Gasteiger partial charge in [0.25, 0.3) is 11.8 Å². The lowest BCUT2D eigenvalue weighted by Gasteiger charge is -2.27. The minimum atomic E-state index is -0.515. The van der Waals surface area contributed by atoms with Crippen LogP contribution in [-0.4, -0.2) is 38.0 Å². The maximum absolute atomic E-state index is 12.4. The molecule has 1 aliphatic heterocycles. The average molecular weight is 303 g/mol. The highest BCUT2D eigenvalue weighted by Gasteiger charge is 2.27. The van der Waals surface area contributed by atoms with Crippen molar-refractivity contribution in [2.75, 3.05) is 6.54 Å². The zero-order valence-electron chi connectivity index (χ0n) is 12.3. The molecule has 1 aliphatic rings. The first-order chi connectivity index (χ1) is 10.6. The summed E-state index contributed by atoms with van der Waals surface area (Å²) in [7, 11) is 0. The van der Waals surface area contributed by atoms with E-state index < -0.39 is 5.91 Å². The summed E-state index contributed by atoms with van der Waals surface area (Å²) in [5, 5.41) is 3.83.